The minimum Gasteiger partial charge on any atom is -0.490 e. The van der Waals surface area contributed by atoms with Crippen molar-refractivity contribution in [3.05, 3.63) is 61.6 Å². The monoisotopic (exact) mass is 520 g/mol. The number of carbonyl (C=O) groups excluding carboxylic acids is 2. The van der Waals surface area contributed by atoms with Gasteiger partial charge in [-0.15, -0.1) is 0 Å². The van der Waals surface area contributed by atoms with Gasteiger partial charge in [-0.25, -0.2) is 0 Å². The smallest absolute Gasteiger partial charge is 0.293 e. The molecule has 1 saturated heterocycles. The lowest BCUT2D eigenvalue weighted by molar-refractivity contribution is -0.121. The van der Waals surface area contributed by atoms with Gasteiger partial charge in [0.1, 0.15) is 6.61 Å². The van der Waals surface area contributed by atoms with E-state index < -0.39 is 0 Å². The first-order valence-corrected chi connectivity index (χ1v) is 10.6. The van der Waals surface area contributed by atoms with E-state index in [-0.39, 0.29) is 17.8 Å². The van der Waals surface area contributed by atoms with Crippen LogP contribution in [0.2, 0.25) is 0 Å². The molecule has 8 heteroatoms. The SMILES string of the molecule is CCOc1cc(/C=C2\SC(=O)N(C)C2=O)cc(I)c1OCc1ccccc1C#N. The molecule has 1 fully saturated rings. The summed E-state index contributed by atoms with van der Waals surface area (Å²) in [5.74, 6) is 0.790. The molecule has 148 valence electrons. The Labute approximate surface area is 186 Å². The van der Waals surface area contributed by atoms with Crippen LogP contribution >= 0.6 is 34.4 Å². The van der Waals surface area contributed by atoms with E-state index in [9.17, 15) is 14.9 Å². The fraction of sp³-hybridized carbons (Fsp3) is 0.190. The number of nitriles is 1. The van der Waals surface area contributed by atoms with E-state index in [4.69, 9.17) is 9.47 Å². The highest BCUT2D eigenvalue weighted by atomic mass is 127. The lowest BCUT2D eigenvalue weighted by Crippen LogP contribution is -2.22. The van der Waals surface area contributed by atoms with E-state index >= 15 is 0 Å². The van der Waals surface area contributed by atoms with E-state index in [1.165, 1.54) is 7.05 Å². The van der Waals surface area contributed by atoms with Crippen molar-refractivity contribution in [2.45, 2.75) is 13.5 Å². The number of ether oxygens (including phenoxy) is 2. The molecule has 2 aromatic rings. The summed E-state index contributed by atoms with van der Waals surface area (Å²) >= 11 is 3.05. The van der Waals surface area contributed by atoms with E-state index in [2.05, 4.69) is 28.7 Å². The molecule has 0 saturated carbocycles. The van der Waals surface area contributed by atoms with Crippen molar-refractivity contribution in [1.29, 1.82) is 5.26 Å². The van der Waals surface area contributed by atoms with Gasteiger partial charge in [0, 0.05) is 12.6 Å². The Morgan fingerprint density at radius 1 is 1.24 bits per heavy atom. The summed E-state index contributed by atoms with van der Waals surface area (Å²) in [5.41, 5.74) is 2.09. The average molecular weight is 520 g/mol. The number of thioether (sulfide) groups is 1. The van der Waals surface area contributed by atoms with E-state index in [1.807, 2.05) is 31.2 Å². The first-order chi connectivity index (χ1) is 13.9. The summed E-state index contributed by atoms with van der Waals surface area (Å²) < 4.78 is 12.5. The van der Waals surface area contributed by atoms with Gasteiger partial charge in [-0.3, -0.25) is 14.5 Å². The zero-order valence-electron chi connectivity index (χ0n) is 15.8. The van der Waals surface area contributed by atoms with Crippen LogP contribution in [0.15, 0.2) is 41.3 Å². The molecule has 0 aliphatic carbocycles. The molecule has 0 unspecified atom stereocenters. The minimum atomic E-state index is -0.318. The summed E-state index contributed by atoms with van der Waals surface area (Å²) in [6.45, 7) is 2.54. The third kappa shape index (κ3) is 4.74. The second kappa shape index (κ2) is 9.33. The number of likely N-dealkylation sites (N-methyl/N-ethyl adjacent to an activating group) is 1. The van der Waals surface area contributed by atoms with Crippen LogP contribution in [-0.2, 0) is 11.4 Å². The van der Waals surface area contributed by atoms with Crippen molar-refractivity contribution in [3.63, 3.8) is 0 Å². The largest absolute Gasteiger partial charge is 0.490 e. The Hall–Kier alpha value is -2.51. The molecular weight excluding hydrogens is 503 g/mol. The number of hydrogen-bond acceptors (Lipinski definition) is 6. The average Bonchev–Trinajstić information content (AvgIpc) is 2.94. The molecule has 3 rings (SSSR count). The highest BCUT2D eigenvalue weighted by molar-refractivity contribution is 14.1. The summed E-state index contributed by atoms with van der Waals surface area (Å²) in [7, 11) is 1.46. The van der Waals surface area contributed by atoms with Gasteiger partial charge >= 0.3 is 0 Å². The maximum Gasteiger partial charge on any atom is 0.293 e. The summed E-state index contributed by atoms with van der Waals surface area (Å²) in [4.78, 5) is 25.3. The number of imide groups is 1. The zero-order valence-corrected chi connectivity index (χ0v) is 18.7. The van der Waals surface area contributed by atoms with E-state index in [0.29, 0.717) is 28.6 Å². The molecule has 0 aromatic heterocycles. The van der Waals surface area contributed by atoms with Crippen LogP contribution in [0.3, 0.4) is 0 Å². The van der Waals surface area contributed by atoms with Gasteiger partial charge in [0.15, 0.2) is 11.5 Å². The molecule has 6 nitrogen and oxygen atoms in total. The van der Waals surface area contributed by atoms with Crippen LogP contribution in [0.5, 0.6) is 11.5 Å². The lowest BCUT2D eigenvalue weighted by Gasteiger charge is -2.15. The fourth-order valence-corrected chi connectivity index (χ4v) is 4.28. The number of halogens is 1. The number of rotatable bonds is 6. The molecule has 0 spiro atoms. The molecule has 2 amide bonds. The number of amides is 2. The van der Waals surface area contributed by atoms with Crippen LogP contribution < -0.4 is 9.47 Å². The second-order valence-corrected chi connectivity index (χ2v) is 8.22. The number of carbonyl (C=O) groups is 2. The van der Waals surface area contributed by atoms with Crippen molar-refractivity contribution >= 4 is 51.6 Å². The summed E-state index contributed by atoms with van der Waals surface area (Å²) in [6, 6.07) is 13.1. The van der Waals surface area contributed by atoms with Gasteiger partial charge in [0.25, 0.3) is 11.1 Å². The topological polar surface area (TPSA) is 79.6 Å². The van der Waals surface area contributed by atoms with Gasteiger partial charge in [0.2, 0.25) is 0 Å². The fourth-order valence-electron chi connectivity index (χ4n) is 2.68. The van der Waals surface area contributed by atoms with Crippen LogP contribution in [0.1, 0.15) is 23.6 Å². The quantitative estimate of drug-likeness (QED) is 0.402. The third-order valence-corrected chi connectivity index (χ3v) is 5.89. The molecule has 1 heterocycles. The predicted octanol–water partition coefficient (Wildman–Crippen LogP) is 4.81. The van der Waals surface area contributed by atoms with Gasteiger partial charge in [-0.1, -0.05) is 18.2 Å². The standard InChI is InChI=1S/C21H17IN2O4S/c1-3-27-17-9-13(10-18-20(25)24(2)21(26)29-18)8-16(22)19(17)28-12-15-7-5-4-6-14(15)11-23/h4-10H,3,12H2,1-2H3/b18-10-. The second-order valence-electron chi connectivity index (χ2n) is 6.06. The molecule has 0 bridgehead atoms. The van der Waals surface area contributed by atoms with E-state index in [0.717, 1.165) is 31.4 Å². The molecule has 1 aliphatic rings. The molecule has 0 radical (unpaired) electrons. The van der Waals surface area contributed by atoms with Crippen LogP contribution in [0.25, 0.3) is 6.08 Å². The maximum absolute atomic E-state index is 12.1. The van der Waals surface area contributed by atoms with E-state index in [1.54, 1.807) is 18.2 Å². The van der Waals surface area contributed by atoms with Gasteiger partial charge < -0.3 is 9.47 Å². The molecule has 29 heavy (non-hydrogen) atoms. The normalized spacial score (nSPS) is 15.0. The number of nitrogens with zero attached hydrogens (tertiary/aromatic N) is 2. The zero-order chi connectivity index (χ0) is 21.0. The van der Waals surface area contributed by atoms with Gasteiger partial charge in [-0.2, -0.15) is 5.26 Å². The minimum absolute atomic E-state index is 0.230. The molecule has 0 atom stereocenters. The summed E-state index contributed by atoms with van der Waals surface area (Å²) in [5, 5.41) is 8.95. The Morgan fingerprint density at radius 3 is 2.66 bits per heavy atom. The molecule has 1 aliphatic heterocycles. The first kappa shape index (κ1) is 21.2. The number of hydrogen-bond donors (Lipinski definition) is 0. The van der Waals surface area contributed by atoms with Crippen molar-refractivity contribution in [1.82, 2.24) is 4.90 Å². The van der Waals surface area contributed by atoms with Crippen LogP contribution in [-0.4, -0.2) is 29.7 Å². The van der Waals surface area contributed by atoms with Gasteiger partial charge in [0.05, 0.1) is 26.7 Å². The Bertz CT molecular complexity index is 1050. The van der Waals surface area contributed by atoms with Crippen LogP contribution in [0, 0.1) is 14.9 Å². The molecular formula is C21H17IN2O4S. The van der Waals surface area contributed by atoms with Crippen molar-refractivity contribution in [2.24, 2.45) is 0 Å². The molecule has 0 N–H and O–H groups in total. The highest BCUT2D eigenvalue weighted by Crippen LogP contribution is 2.37. The first-order valence-electron chi connectivity index (χ1n) is 8.73. The van der Waals surface area contributed by atoms with Crippen molar-refractivity contribution in [3.8, 4) is 17.6 Å². The summed E-state index contributed by atoms with van der Waals surface area (Å²) in [6.07, 6.45) is 1.67. The maximum atomic E-state index is 12.1. The van der Waals surface area contributed by atoms with Crippen LogP contribution in [0.4, 0.5) is 4.79 Å². The van der Waals surface area contributed by atoms with Crippen molar-refractivity contribution < 1.29 is 19.1 Å². The Balaban J connectivity index is 1.90. The Kier molecular flexibility index (Phi) is 6.82. The third-order valence-electron chi connectivity index (χ3n) is 4.13. The predicted molar refractivity (Wildman–Crippen MR) is 120 cm³/mol. The highest BCUT2D eigenvalue weighted by Gasteiger charge is 2.31. The molecule has 2 aromatic carbocycles. The Morgan fingerprint density at radius 2 is 2.00 bits per heavy atom. The van der Waals surface area contributed by atoms with Gasteiger partial charge in [-0.05, 0) is 71.1 Å². The lowest BCUT2D eigenvalue weighted by atomic mass is 10.1. The van der Waals surface area contributed by atoms with Crippen molar-refractivity contribution in [2.75, 3.05) is 13.7 Å². The number of benzene rings is 2.